The zero-order valence-corrected chi connectivity index (χ0v) is 12.7. The average molecular weight is 332 g/mol. The minimum Gasteiger partial charge on any atom is -0.777 e. The Morgan fingerprint density at radius 1 is 1.59 bits per heavy atom. The maximum Gasteiger partial charge on any atom is 0.280 e. The van der Waals surface area contributed by atoms with Crippen molar-refractivity contribution >= 4 is 24.7 Å². The third kappa shape index (κ3) is 3.03. The summed E-state index contributed by atoms with van der Waals surface area (Å²) in [7, 11) is -4.49. The largest absolute Gasteiger partial charge is 0.777 e. The van der Waals surface area contributed by atoms with Crippen LogP contribution in [0.1, 0.15) is 12.8 Å². The molecular formula is C10H17N6O5P. The Morgan fingerprint density at radius 3 is 2.95 bits per heavy atom. The third-order valence-corrected chi connectivity index (χ3v) is 4.45. The predicted octanol–water partition coefficient (Wildman–Crippen LogP) is -0.871. The Bertz CT molecular complexity index is 782. The molecule has 1 aliphatic rings. The van der Waals surface area contributed by atoms with Gasteiger partial charge in [0.05, 0.1) is 19.0 Å². The zero-order valence-electron chi connectivity index (χ0n) is 11.8. The summed E-state index contributed by atoms with van der Waals surface area (Å²) in [6.07, 6.45) is 1.70. The summed E-state index contributed by atoms with van der Waals surface area (Å²) in [5, 5.41) is 0. The first-order valence-corrected chi connectivity index (χ1v) is 7.89. The molecule has 0 bridgehead atoms. The number of aromatic amines is 1. The molecule has 22 heavy (non-hydrogen) atoms. The number of hydrogen-bond acceptors (Lipinski definition) is 7. The summed E-state index contributed by atoms with van der Waals surface area (Å²) < 4.78 is 17.9. The van der Waals surface area contributed by atoms with Crippen molar-refractivity contribution in [2.75, 3.05) is 5.73 Å². The summed E-state index contributed by atoms with van der Waals surface area (Å²) in [4.78, 5) is 42.0. The number of aromatic nitrogens is 4. The molecule has 1 aliphatic heterocycles. The number of hydrogen-bond donors (Lipinski definition) is 4. The predicted molar refractivity (Wildman–Crippen MR) is 76.3 cm³/mol. The molecule has 3 rings (SSSR count). The van der Waals surface area contributed by atoms with E-state index in [4.69, 9.17) is 15.4 Å². The number of imidazole rings is 1. The molecule has 2 aromatic rings. The van der Waals surface area contributed by atoms with Gasteiger partial charge in [0.25, 0.3) is 5.56 Å². The molecule has 3 heterocycles. The summed E-state index contributed by atoms with van der Waals surface area (Å²) in [5.74, 6) is -1.21. The normalized spacial score (nSPS) is 24.1. The summed E-state index contributed by atoms with van der Waals surface area (Å²) >= 11 is 0. The molecule has 11 nitrogen and oxygen atoms in total. The van der Waals surface area contributed by atoms with Crippen molar-refractivity contribution in [2.45, 2.75) is 31.3 Å². The van der Waals surface area contributed by atoms with Gasteiger partial charge in [0.15, 0.2) is 18.8 Å². The molecular weight excluding hydrogens is 315 g/mol. The van der Waals surface area contributed by atoms with Crippen LogP contribution in [0.4, 0.5) is 5.95 Å². The van der Waals surface area contributed by atoms with Gasteiger partial charge in [0, 0.05) is 0 Å². The Balaban J connectivity index is 0.00000176. The molecule has 0 aromatic carbocycles. The van der Waals surface area contributed by atoms with E-state index in [1.54, 1.807) is 4.57 Å². The van der Waals surface area contributed by atoms with Gasteiger partial charge in [0.1, 0.15) is 5.85 Å². The SMILES string of the molecule is Nc1nc2c(ncn2C[C@@H]2CC[C@H](P(=O)([O-])O)O2)c(=O)[nH]1.[NH4+]. The fraction of sp³-hybridized carbons (Fsp3) is 0.500. The van der Waals surface area contributed by atoms with Gasteiger partial charge < -0.3 is 35.5 Å². The van der Waals surface area contributed by atoms with E-state index in [9.17, 15) is 14.3 Å². The Morgan fingerprint density at radius 2 is 2.32 bits per heavy atom. The molecule has 12 heteroatoms. The zero-order chi connectivity index (χ0) is 15.2. The van der Waals surface area contributed by atoms with Crippen LogP contribution in [0.25, 0.3) is 11.2 Å². The topological polar surface area (TPSA) is 196 Å². The molecule has 0 spiro atoms. The fourth-order valence-electron chi connectivity index (χ4n) is 2.38. The minimum atomic E-state index is -4.49. The summed E-state index contributed by atoms with van der Waals surface area (Å²) in [6.45, 7) is 0.267. The fourth-order valence-corrected chi connectivity index (χ4v) is 3.19. The second-order valence-corrected chi connectivity index (χ2v) is 6.58. The van der Waals surface area contributed by atoms with E-state index < -0.39 is 25.1 Å². The van der Waals surface area contributed by atoms with Crippen LogP contribution in [0, 0.1) is 0 Å². The van der Waals surface area contributed by atoms with Crippen LogP contribution >= 0.6 is 7.60 Å². The van der Waals surface area contributed by atoms with Crippen molar-refractivity contribution in [2.24, 2.45) is 0 Å². The maximum absolute atomic E-state index is 11.6. The standard InChI is InChI=1S/C10H14N5O5P.H3N/c11-10-13-8-7(9(16)14-10)12-4-15(8)3-5-1-2-6(20-5)21(17,18)19;/h4-6H,1-3H2,(H2,17,18,19)(H3,11,13,14,16);1H3/t5-,6-;/m0./s1. The van der Waals surface area contributed by atoms with E-state index in [2.05, 4.69) is 15.0 Å². The van der Waals surface area contributed by atoms with Crippen LogP contribution in [-0.2, 0) is 15.8 Å². The monoisotopic (exact) mass is 332 g/mol. The lowest BCUT2D eigenvalue weighted by Crippen LogP contribution is -2.21. The Kier molecular flexibility index (Phi) is 4.36. The lowest BCUT2D eigenvalue weighted by Gasteiger charge is -2.23. The molecule has 1 saturated heterocycles. The summed E-state index contributed by atoms with van der Waals surface area (Å²) in [5.41, 5.74) is 5.50. The van der Waals surface area contributed by atoms with Crippen LogP contribution in [0.3, 0.4) is 0 Å². The van der Waals surface area contributed by atoms with Crippen molar-refractivity contribution < 1.29 is 19.1 Å². The van der Waals surface area contributed by atoms with E-state index in [0.717, 1.165) is 0 Å². The van der Waals surface area contributed by atoms with Gasteiger partial charge in [0.2, 0.25) is 5.95 Å². The number of nitrogens with two attached hydrogens (primary N) is 1. The highest BCUT2D eigenvalue weighted by Crippen LogP contribution is 2.44. The highest BCUT2D eigenvalue weighted by molar-refractivity contribution is 7.50. The average Bonchev–Trinajstić information content (AvgIpc) is 2.97. The number of fused-ring (bicyclic) bond motifs is 1. The molecule has 0 saturated carbocycles. The second kappa shape index (κ2) is 5.78. The number of ether oxygens (including phenoxy) is 1. The number of anilines is 1. The van der Waals surface area contributed by atoms with Gasteiger partial charge in [-0.3, -0.25) is 9.78 Å². The smallest absolute Gasteiger partial charge is 0.280 e. The first-order chi connectivity index (χ1) is 9.84. The highest BCUT2D eigenvalue weighted by atomic mass is 31.2. The van der Waals surface area contributed by atoms with Crippen molar-refractivity contribution in [1.82, 2.24) is 25.7 Å². The van der Waals surface area contributed by atoms with Gasteiger partial charge in [-0.1, -0.05) is 0 Å². The van der Waals surface area contributed by atoms with Crippen molar-refractivity contribution in [3.63, 3.8) is 0 Å². The van der Waals surface area contributed by atoms with E-state index >= 15 is 0 Å². The maximum atomic E-state index is 11.6. The van der Waals surface area contributed by atoms with Crippen LogP contribution in [0.2, 0.25) is 0 Å². The molecule has 0 amide bonds. The first kappa shape index (κ1) is 16.6. The number of nitrogens with zero attached hydrogens (tertiary/aromatic N) is 3. The Labute approximate surface area is 124 Å². The lowest BCUT2D eigenvalue weighted by atomic mass is 10.2. The number of H-pyrrole nitrogens is 1. The molecule has 0 aliphatic carbocycles. The van der Waals surface area contributed by atoms with Crippen molar-refractivity contribution in [3.05, 3.63) is 16.7 Å². The number of nitrogen functional groups attached to an aromatic ring is 1. The Hall–Kier alpha value is -1.78. The van der Waals surface area contributed by atoms with E-state index in [1.165, 1.54) is 6.33 Å². The third-order valence-electron chi connectivity index (χ3n) is 3.34. The molecule has 3 atom stereocenters. The summed E-state index contributed by atoms with van der Waals surface area (Å²) in [6, 6.07) is 0. The molecule has 0 radical (unpaired) electrons. The van der Waals surface area contributed by atoms with Crippen molar-refractivity contribution in [1.29, 1.82) is 0 Å². The molecule has 1 unspecified atom stereocenters. The number of quaternary nitrogens is 1. The lowest BCUT2D eigenvalue weighted by molar-refractivity contribution is -0.204. The highest BCUT2D eigenvalue weighted by Gasteiger charge is 2.32. The van der Waals surface area contributed by atoms with Gasteiger partial charge in [-0.15, -0.1) is 0 Å². The first-order valence-electron chi connectivity index (χ1n) is 6.24. The van der Waals surface area contributed by atoms with Crippen LogP contribution < -0.4 is 22.3 Å². The van der Waals surface area contributed by atoms with Gasteiger partial charge in [-0.25, -0.2) is 4.98 Å². The van der Waals surface area contributed by atoms with Crippen LogP contribution in [0.15, 0.2) is 11.1 Å². The van der Waals surface area contributed by atoms with E-state index in [-0.39, 0.29) is 30.6 Å². The van der Waals surface area contributed by atoms with E-state index in [0.29, 0.717) is 12.1 Å². The molecule has 2 aromatic heterocycles. The molecule has 1 fully saturated rings. The van der Waals surface area contributed by atoms with Crippen LogP contribution in [0.5, 0.6) is 0 Å². The van der Waals surface area contributed by atoms with Gasteiger partial charge in [-0.05, 0) is 12.8 Å². The molecule has 122 valence electrons. The number of rotatable bonds is 3. The minimum absolute atomic E-state index is 0. The van der Waals surface area contributed by atoms with Gasteiger partial charge >= 0.3 is 0 Å². The molecule has 8 N–H and O–H groups in total. The van der Waals surface area contributed by atoms with E-state index in [1.807, 2.05) is 0 Å². The van der Waals surface area contributed by atoms with Crippen LogP contribution in [-0.4, -0.2) is 36.4 Å². The van der Waals surface area contributed by atoms with Gasteiger partial charge in [-0.2, -0.15) is 4.98 Å². The van der Waals surface area contributed by atoms with Crippen molar-refractivity contribution in [3.8, 4) is 0 Å². The second-order valence-electron chi connectivity index (χ2n) is 4.87. The number of nitrogens with one attached hydrogen (secondary N) is 1. The quantitative estimate of drug-likeness (QED) is 0.520.